The average molecular weight is 448 g/mol. The number of thiocarbonyl (C=S) groups is 1. The number of hydrogen-bond acceptors (Lipinski definition) is 5. The SMILES string of the molecule is COc1ccccc1/C=C/C(=O)NC(=S)NNC(=O)COc1cc(C)c(Cl)c(C)c1. The van der Waals surface area contributed by atoms with E-state index in [2.05, 4.69) is 16.2 Å². The third-order valence-corrected chi connectivity index (χ3v) is 4.69. The molecule has 2 rings (SSSR count). The van der Waals surface area contributed by atoms with Gasteiger partial charge >= 0.3 is 0 Å². The van der Waals surface area contributed by atoms with E-state index in [4.69, 9.17) is 33.3 Å². The molecule has 0 fully saturated rings. The van der Waals surface area contributed by atoms with Crippen LogP contribution in [0.15, 0.2) is 42.5 Å². The van der Waals surface area contributed by atoms with Crippen LogP contribution in [0, 0.1) is 13.8 Å². The molecule has 0 saturated carbocycles. The summed E-state index contributed by atoms with van der Waals surface area (Å²) in [7, 11) is 1.55. The molecule has 0 spiro atoms. The minimum Gasteiger partial charge on any atom is -0.496 e. The summed E-state index contributed by atoms with van der Waals surface area (Å²) in [5, 5.41) is 3.02. The van der Waals surface area contributed by atoms with Gasteiger partial charge in [-0.15, -0.1) is 0 Å². The highest BCUT2D eigenvalue weighted by Crippen LogP contribution is 2.25. The number of amides is 2. The molecule has 0 aliphatic carbocycles. The number of nitrogens with one attached hydrogen (secondary N) is 3. The first kappa shape index (κ1) is 23.2. The first-order valence-electron chi connectivity index (χ1n) is 8.90. The average Bonchev–Trinajstić information content (AvgIpc) is 2.73. The van der Waals surface area contributed by atoms with E-state index < -0.39 is 11.8 Å². The van der Waals surface area contributed by atoms with Crippen molar-refractivity contribution in [2.75, 3.05) is 13.7 Å². The second-order valence-electron chi connectivity index (χ2n) is 6.23. The fraction of sp³-hybridized carbons (Fsp3) is 0.190. The van der Waals surface area contributed by atoms with Crippen LogP contribution >= 0.6 is 23.8 Å². The molecular weight excluding hydrogens is 426 g/mol. The number of carbonyl (C=O) groups excluding carboxylic acids is 2. The molecule has 0 unspecified atom stereocenters. The quantitative estimate of drug-likeness (QED) is 0.358. The topological polar surface area (TPSA) is 88.7 Å². The molecule has 30 heavy (non-hydrogen) atoms. The summed E-state index contributed by atoms with van der Waals surface area (Å²) in [5.74, 6) is 0.236. The molecule has 2 aromatic carbocycles. The van der Waals surface area contributed by atoms with Gasteiger partial charge in [0.05, 0.1) is 7.11 Å². The number of ether oxygens (including phenoxy) is 2. The minimum atomic E-state index is -0.471. The lowest BCUT2D eigenvalue weighted by Crippen LogP contribution is -2.49. The standard InChI is InChI=1S/C21H22ClN3O4S/c1-13-10-16(11-14(2)20(13)22)29-12-19(27)24-25-21(30)23-18(26)9-8-15-6-4-5-7-17(15)28-3/h4-11H,12H2,1-3H3,(H,24,27)(H2,23,25,26,30)/b9-8+. The van der Waals surface area contributed by atoms with Crippen LogP contribution in [0.4, 0.5) is 0 Å². The Hall–Kier alpha value is -3.10. The summed E-state index contributed by atoms with van der Waals surface area (Å²) in [4.78, 5) is 23.9. The first-order chi connectivity index (χ1) is 14.3. The lowest BCUT2D eigenvalue weighted by atomic mass is 10.1. The number of hydrazine groups is 1. The van der Waals surface area contributed by atoms with Crippen LogP contribution in [0.2, 0.25) is 5.02 Å². The highest BCUT2D eigenvalue weighted by atomic mass is 35.5. The van der Waals surface area contributed by atoms with Gasteiger partial charge in [0, 0.05) is 16.7 Å². The Morgan fingerprint density at radius 3 is 2.47 bits per heavy atom. The molecule has 0 aromatic heterocycles. The third-order valence-electron chi connectivity index (χ3n) is 3.89. The predicted octanol–water partition coefficient (Wildman–Crippen LogP) is 3.08. The molecule has 0 atom stereocenters. The number of methoxy groups -OCH3 is 1. The van der Waals surface area contributed by atoms with Gasteiger partial charge < -0.3 is 9.47 Å². The van der Waals surface area contributed by atoms with E-state index in [-0.39, 0.29) is 11.7 Å². The van der Waals surface area contributed by atoms with E-state index in [0.717, 1.165) is 16.7 Å². The predicted molar refractivity (Wildman–Crippen MR) is 120 cm³/mol. The van der Waals surface area contributed by atoms with Crippen LogP contribution in [0.1, 0.15) is 16.7 Å². The van der Waals surface area contributed by atoms with Crippen molar-refractivity contribution in [1.29, 1.82) is 0 Å². The summed E-state index contributed by atoms with van der Waals surface area (Å²) in [6.45, 7) is 3.47. The molecule has 2 amide bonds. The number of carbonyl (C=O) groups is 2. The first-order valence-corrected chi connectivity index (χ1v) is 9.69. The maximum absolute atomic E-state index is 12.0. The Labute approximate surface area is 185 Å². The molecule has 0 aliphatic rings. The Morgan fingerprint density at radius 2 is 1.80 bits per heavy atom. The monoisotopic (exact) mass is 447 g/mol. The Morgan fingerprint density at radius 1 is 1.13 bits per heavy atom. The molecule has 0 radical (unpaired) electrons. The normalized spacial score (nSPS) is 10.4. The van der Waals surface area contributed by atoms with Crippen molar-refractivity contribution in [1.82, 2.24) is 16.2 Å². The van der Waals surface area contributed by atoms with Gasteiger partial charge in [-0.3, -0.25) is 25.8 Å². The molecule has 0 saturated heterocycles. The molecule has 0 bridgehead atoms. The summed E-state index contributed by atoms with van der Waals surface area (Å²) in [6.07, 6.45) is 2.90. The minimum absolute atomic E-state index is 0.0591. The lowest BCUT2D eigenvalue weighted by molar-refractivity contribution is -0.123. The van der Waals surface area contributed by atoms with Crippen LogP contribution in [0.5, 0.6) is 11.5 Å². The number of rotatable bonds is 6. The number of benzene rings is 2. The van der Waals surface area contributed by atoms with Crippen molar-refractivity contribution >= 4 is 46.8 Å². The number of para-hydroxylation sites is 1. The van der Waals surface area contributed by atoms with E-state index in [1.54, 1.807) is 31.4 Å². The van der Waals surface area contributed by atoms with Gasteiger partial charge in [0.15, 0.2) is 11.7 Å². The van der Waals surface area contributed by atoms with Crippen molar-refractivity contribution < 1.29 is 19.1 Å². The Kier molecular flexibility index (Phi) is 8.64. The molecular formula is C21H22ClN3O4S. The second-order valence-corrected chi connectivity index (χ2v) is 7.01. The number of hydrogen-bond donors (Lipinski definition) is 3. The van der Waals surface area contributed by atoms with Crippen molar-refractivity contribution in [3.8, 4) is 11.5 Å². The summed E-state index contributed by atoms with van der Waals surface area (Å²) < 4.78 is 10.7. The zero-order chi connectivity index (χ0) is 22.1. The van der Waals surface area contributed by atoms with Crippen LogP contribution in [0.3, 0.4) is 0 Å². The smallest absolute Gasteiger partial charge is 0.276 e. The van der Waals surface area contributed by atoms with Gasteiger partial charge in [-0.25, -0.2) is 0 Å². The van der Waals surface area contributed by atoms with Crippen LogP contribution < -0.4 is 25.6 Å². The molecule has 9 heteroatoms. The molecule has 7 nitrogen and oxygen atoms in total. The van der Waals surface area contributed by atoms with Crippen LogP contribution in [-0.2, 0) is 9.59 Å². The van der Waals surface area contributed by atoms with E-state index in [1.165, 1.54) is 6.08 Å². The Bertz CT molecular complexity index is 955. The van der Waals surface area contributed by atoms with Crippen molar-refractivity contribution in [3.63, 3.8) is 0 Å². The molecule has 2 aromatic rings. The molecule has 0 heterocycles. The van der Waals surface area contributed by atoms with Gasteiger partial charge in [-0.1, -0.05) is 29.8 Å². The zero-order valence-electron chi connectivity index (χ0n) is 16.7. The van der Waals surface area contributed by atoms with Gasteiger partial charge in [-0.2, -0.15) is 0 Å². The van der Waals surface area contributed by atoms with E-state index in [1.807, 2.05) is 32.0 Å². The van der Waals surface area contributed by atoms with Crippen molar-refractivity contribution in [3.05, 3.63) is 64.2 Å². The fourth-order valence-corrected chi connectivity index (χ4v) is 2.72. The summed E-state index contributed by atoms with van der Waals surface area (Å²) in [5.41, 5.74) is 7.25. The van der Waals surface area contributed by atoms with Crippen LogP contribution in [-0.4, -0.2) is 30.6 Å². The molecule has 0 aliphatic heterocycles. The lowest BCUT2D eigenvalue weighted by Gasteiger charge is -2.12. The van der Waals surface area contributed by atoms with Gasteiger partial charge in [0.2, 0.25) is 5.91 Å². The second kappa shape index (κ2) is 11.2. The summed E-state index contributed by atoms with van der Waals surface area (Å²) in [6, 6.07) is 10.7. The summed E-state index contributed by atoms with van der Waals surface area (Å²) >= 11 is 11.1. The highest BCUT2D eigenvalue weighted by molar-refractivity contribution is 7.80. The maximum Gasteiger partial charge on any atom is 0.276 e. The maximum atomic E-state index is 12.0. The zero-order valence-corrected chi connectivity index (χ0v) is 18.3. The van der Waals surface area contributed by atoms with Crippen molar-refractivity contribution in [2.24, 2.45) is 0 Å². The Balaban J connectivity index is 1.76. The van der Waals surface area contributed by atoms with Gasteiger partial charge in [0.25, 0.3) is 5.91 Å². The number of aryl methyl sites for hydroxylation is 2. The molecule has 158 valence electrons. The van der Waals surface area contributed by atoms with Crippen LogP contribution in [0.25, 0.3) is 6.08 Å². The van der Waals surface area contributed by atoms with E-state index >= 15 is 0 Å². The highest BCUT2D eigenvalue weighted by Gasteiger charge is 2.08. The molecule has 3 N–H and O–H groups in total. The number of halogens is 1. The van der Waals surface area contributed by atoms with Gasteiger partial charge in [-0.05, 0) is 61.5 Å². The van der Waals surface area contributed by atoms with E-state index in [0.29, 0.717) is 16.5 Å². The fourth-order valence-electron chi connectivity index (χ4n) is 2.46. The largest absolute Gasteiger partial charge is 0.496 e. The van der Waals surface area contributed by atoms with E-state index in [9.17, 15) is 9.59 Å². The third kappa shape index (κ3) is 7.06. The van der Waals surface area contributed by atoms with Gasteiger partial charge in [0.1, 0.15) is 11.5 Å². The van der Waals surface area contributed by atoms with Crippen molar-refractivity contribution in [2.45, 2.75) is 13.8 Å².